The average Bonchev–Trinajstić information content (AvgIpc) is 3.16. The number of ether oxygens (including phenoxy) is 1. The number of sulfonamides is 1. The van der Waals surface area contributed by atoms with Gasteiger partial charge in [-0.25, -0.2) is 13.6 Å². The third-order valence-electron chi connectivity index (χ3n) is 4.52. The number of hydrogen-bond acceptors (Lipinski definition) is 3. The van der Waals surface area contributed by atoms with Gasteiger partial charge >= 0.3 is 0 Å². The van der Waals surface area contributed by atoms with E-state index in [1.165, 1.54) is 5.56 Å². The molecule has 2 aromatic rings. The van der Waals surface area contributed by atoms with Crippen molar-refractivity contribution in [2.75, 3.05) is 6.61 Å². The van der Waals surface area contributed by atoms with Crippen molar-refractivity contribution in [3.05, 3.63) is 59.2 Å². The Balaban J connectivity index is 1.73. The number of primary sulfonamides is 1. The molecule has 0 saturated heterocycles. The van der Waals surface area contributed by atoms with E-state index in [9.17, 15) is 8.42 Å². The Kier molecular flexibility index (Phi) is 3.03. The highest BCUT2D eigenvalue weighted by atomic mass is 32.2. The van der Waals surface area contributed by atoms with Crippen LogP contribution in [0.15, 0.2) is 47.4 Å². The second kappa shape index (κ2) is 4.83. The SMILES string of the molecule is NS(=O)(=O)c1cc([C@@H]2C[C@H]2c2ccccc2)cc2c1OCC2. The molecule has 0 radical (unpaired) electrons. The molecule has 0 unspecified atom stereocenters. The van der Waals surface area contributed by atoms with Gasteiger partial charge in [-0.3, -0.25) is 0 Å². The fourth-order valence-electron chi connectivity index (χ4n) is 3.35. The summed E-state index contributed by atoms with van der Waals surface area (Å²) in [5.41, 5.74) is 3.32. The normalized spacial score (nSPS) is 23.0. The quantitative estimate of drug-likeness (QED) is 0.946. The van der Waals surface area contributed by atoms with Crippen molar-refractivity contribution < 1.29 is 13.2 Å². The maximum absolute atomic E-state index is 11.8. The minimum absolute atomic E-state index is 0.135. The van der Waals surface area contributed by atoms with Crippen molar-refractivity contribution in [2.45, 2.75) is 29.6 Å². The van der Waals surface area contributed by atoms with Crippen LogP contribution in [-0.4, -0.2) is 15.0 Å². The van der Waals surface area contributed by atoms with E-state index in [0.717, 1.165) is 24.0 Å². The van der Waals surface area contributed by atoms with Crippen LogP contribution in [0.25, 0.3) is 0 Å². The van der Waals surface area contributed by atoms with Crippen LogP contribution in [-0.2, 0) is 16.4 Å². The molecule has 0 amide bonds. The molecule has 1 saturated carbocycles. The van der Waals surface area contributed by atoms with E-state index in [1.807, 2.05) is 18.2 Å². The Morgan fingerprint density at radius 1 is 1.05 bits per heavy atom. The summed E-state index contributed by atoms with van der Waals surface area (Å²) in [6, 6.07) is 14.1. The smallest absolute Gasteiger partial charge is 0.241 e. The molecule has 0 bridgehead atoms. The predicted octanol–water partition coefficient (Wildman–Crippen LogP) is 2.54. The first-order valence-corrected chi connectivity index (χ1v) is 8.96. The van der Waals surface area contributed by atoms with Crippen LogP contribution in [0.3, 0.4) is 0 Å². The summed E-state index contributed by atoms with van der Waals surface area (Å²) in [5.74, 6) is 1.28. The highest BCUT2D eigenvalue weighted by Crippen LogP contribution is 2.55. The Labute approximate surface area is 130 Å². The highest BCUT2D eigenvalue weighted by molar-refractivity contribution is 7.89. The Morgan fingerprint density at radius 2 is 1.77 bits per heavy atom. The standard InChI is InChI=1S/C17H17NO3S/c18-22(19,20)16-9-13(8-12-6-7-21-17(12)16)15-10-14(15)11-4-2-1-3-5-11/h1-5,8-9,14-15H,6-7,10H2,(H2,18,19,20)/t14-,15-/m0/s1. The monoisotopic (exact) mass is 315 g/mol. The molecule has 2 N–H and O–H groups in total. The van der Waals surface area contributed by atoms with E-state index in [4.69, 9.17) is 9.88 Å². The molecule has 1 aliphatic carbocycles. The molecule has 2 aromatic carbocycles. The summed E-state index contributed by atoms with van der Waals surface area (Å²) >= 11 is 0. The minimum atomic E-state index is -3.76. The summed E-state index contributed by atoms with van der Waals surface area (Å²) in [5, 5.41) is 5.36. The van der Waals surface area contributed by atoms with E-state index in [-0.39, 0.29) is 4.90 Å². The molecular weight excluding hydrogens is 298 g/mol. The van der Waals surface area contributed by atoms with Crippen LogP contribution in [0.4, 0.5) is 0 Å². The van der Waals surface area contributed by atoms with Crippen LogP contribution in [0, 0.1) is 0 Å². The fraction of sp³-hybridized carbons (Fsp3) is 0.294. The molecule has 2 aliphatic rings. The minimum Gasteiger partial charge on any atom is -0.492 e. The Bertz CT molecular complexity index is 830. The van der Waals surface area contributed by atoms with Gasteiger partial charge in [0.25, 0.3) is 0 Å². The lowest BCUT2D eigenvalue weighted by Gasteiger charge is -2.09. The lowest BCUT2D eigenvalue weighted by atomic mass is 10.0. The van der Waals surface area contributed by atoms with Gasteiger partial charge in [-0.1, -0.05) is 36.4 Å². The zero-order valence-electron chi connectivity index (χ0n) is 12.0. The van der Waals surface area contributed by atoms with Crippen molar-refractivity contribution in [3.63, 3.8) is 0 Å². The number of nitrogens with two attached hydrogens (primary N) is 1. The van der Waals surface area contributed by atoms with Gasteiger partial charge in [-0.15, -0.1) is 0 Å². The lowest BCUT2D eigenvalue weighted by molar-refractivity contribution is 0.348. The maximum Gasteiger partial charge on any atom is 0.241 e. The van der Waals surface area contributed by atoms with Crippen LogP contribution < -0.4 is 9.88 Å². The highest BCUT2D eigenvalue weighted by Gasteiger charge is 2.40. The van der Waals surface area contributed by atoms with E-state index < -0.39 is 10.0 Å². The van der Waals surface area contributed by atoms with Gasteiger partial charge in [-0.05, 0) is 41.0 Å². The van der Waals surface area contributed by atoms with Crippen molar-refractivity contribution in [1.29, 1.82) is 0 Å². The molecule has 1 heterocycles. The van der Waals surface area contributed by atoms with Gasteiger partial charge < -0.3 is 4.74 Å². The van der Waals surface area contributed by atoms with E-state index in [0.29, 0.717) is 24.2 Å². The first-order valence-electron chi connectivity index (χ1n) is 7.41. The summed E-state index contributed by atoms with van der Waals surface area (Å²) in [4.78, 5) is 0.135. The lowest BCUT2D eigenvalue weighted by Crippen LogP contribution is -2.13. The Hall–Kier alpha value is -1.85. The van der Waals surface area contributed by atoms with Crippen molar-refractivity contribution >= 4 is 10.0 Å². The van der Waals surface area contributed by atoms with Crippen LogP contribution in [0.5, 0.6) is 5.75 Å². The van der Waals surface area contributed by atoms with Crippen molar-refractivity contribution in [2.24, 2.45) is 5.14 Å². The van der Waals surface area contributed by atoms with Gasteiger partial charge in [0, 0.05) is 6.42 Å². The summed E-state index contributed by atoms with van der Waals surface area (Å²) in [7, 11) is -3.76. The zero-order valence-corrected chi connectivity index (χ0v) is 12.8. The maximum atomic E-state index is 11.8. The van der Waals surface area contributed by atoms with E-state index >= 15 is 0 Å². The first kappa shape index (κ1) is 13.8. The van der Waals surface area contributed by atoms with E-state index in [1.54, 1.807) is 6.07 Å². The van der Waals surface area contributed by atoms with Gasteiger partial charge in [0.2, 0.25) is 10.0 Å². The second-order valence-electron chi connectivity index (χ2n) is 6.01. The zero-order chi connectivity index (χ0) is 15.3. The molecule has 2 atom stereocenters. The first-order chi connectivity index (χ1) is 10.5. The molecule has 4 nitrogen and oxygen atoms in total. The molecule has 22 heavy (non-hydrogen) atoms. The molecular formula is C17H17NO3S. The van der Waals surface area contributed by atoms with Crippen molar-refractivity contribution in [1.82, 2.24) is 0 Å². The summed E-state index contributed by atoms with van der Waals surface area (Å²) in [6.07, 6.45) is 1.79. The summed E-state index contributed by atoms with van der Waals surface area (Å²) < 4.78 is 29.1. The molecule has 0 spiro atoms. The van der Waals surface area contributed by atoms with Gasteiger partial charge in [-0.2, -0.15) is 0 Å². The molecule has 5 heteroatoms. The number of benzene rings is 2. The molecule has 1 aliphatic heterocycles. The third kappa shape index (κ3) is 2.30. The van der Waals surface area contributed by atoms with Gasteiger partial charge in [0.05, 0.1) is 6.61 Å². The molecule has 4 rings (SSSR count). The second-order valence-corrected chi connectivity index (χ2v) is 7.54. The molecule has 1 fully saturated rings. The largest absolute Gasteiger partial charge is 0.492 e. The van der Waals surface area contributed by atoms with Gasteiger partial charge in [0.15, 0.2) is 0 Å². The van der Waals surface area contributed by atoms with Crippen LogP contribution >= 0.6 is 0 Å². The average molecular weight is 315 g/mol. The van der Waals surface area contributed by atoms with E-state index in [2.05, 4.69) is 18.2 Å². The summed E-state index contributed by atoms with van der Waals surface area (Å²) in [6.45, 7) is 0.522. The topological polar surface area (TPSA) is 69.4 Å². The predicted molar refractivity (Wildman–Crippen MR) is 83.6 cm³/mol. The van der Waals surface area contributed by atoms with Crippen LogP contribution in [0.1, 0.15) is 34.9 Å². The Morgan fingerprint density at radius 3 is 2.50 bits per heavy atom. The fourth-order valence-corrected chi connectivity index (χ4v) is 4.10. The number of hydrogen-bond donors (Lipinski definition) is 1. The molecule has 0 aromatic heterocycles. The van der Waals surface area contributed by atoms with Crippen LogP contribution in [0.2, 0.25) is 0 Å². The number of rotatable bonds is 3. The number of fused-ring (bicyclic) bond motifs is 1. The van der Waals surface area contributed by atoms with Crippen molar-refractivity contribution in [3.8, 4) is 5.75 Å². The molecule has 114 valence electrons. The third-order valence-corrected chi connectivity index (χ3v) is 5.44. The van der Waals surface area contributed by atoms with Gasteiger partial charge in [0.1, 0.15) is 10.6 Å².